The first-order chi connectivity index (χ1) is 8.58. The average molecular weight is 245 g/mol. The molecule has 0 saturated heterocycles. The van der Waals surface area contributed by atoms with E-state index in [1.165, 1.54) is 6.20 Å². The van der Waals surface area contributed by atoms with Gasteiger partial charge in [0.05, 0.1) is 17.4 Å². The van der Waals surface area contributed by atoms with Crippen LogP contribution in [-0.2, 0) is 6.54 Å². The molecule has 0 radical (unpaired) electrons. The molecule has 1 aromatic heterocycles. The molecule has 1 aromatic carbocycles. The number of hydrogen-bond acceptors (Lipinski definition) is 3. The molecule has 5 nitrogen and oxygen atoms in total. The van der Waals surface area contributed by atoms with E-state index in [9.17, 15) is 9.59 Å². The summed E-state index contributed by atoms with van der Waals surface area (Å²) in [4.78, 5) is 23.1. The second-order valence-electron chi connectivity index (χ2n) is 4.41. The van der Waals surface area contributed by atoms with Crippen molar-refractivity contribution in [1.82, 2.24) is 4.57 Å². The van der Waals surface area contributed by atoms with Crippen LogP contribution in [0.5, 0.6) is 5.75 Å². The van der Waals surface area contributed by atoms with Crippen molar-refractivity contribution in [3.05, 3.63) is 40.2 Å². The third kappa shape index (κ3) is 1.40. The minimum atomic E-state index is -1.20. The van der Waals surface area contributed by atoms with Gasteiger partial charge in [-0.25, -0.2) is 4.79 Å². The van der Waals surface area contributed by atoms with Gasteiger partial charge in [0.25, 0.3) is 0 Å². The van der Waals surface area contributed by atoms with Gasteiger partial charge in [0.15, 0.2) is 0 Å². The van der Waals surface area contributed by atoms with Gasteiger partial charge in [-0.15, -0.1) is 0 Å². The largest absolute Gasteiger partial charge is 0.487 e. The second-order valence-corrected chi connectivity index (χ2v) is 4.41. The van der Waals surface area contributed by atoms with E-state index in [2.05, 4.69) is 0 Å². The fourth-order valence-corrected chi connectivity index (χ4v) is 2.35. The molecule has 3 rings (SSSR count). The van der Waals surface area contributed by atoms with Crippen molar-refractivity contribution >= 4 is 16.9 Å². The zero-order valence-electron chi connectivity index (χ0n) is 9.71. The van der Waals surface area contributed by atoms with E-state index in [1.54, 1.807) is 22.8 Å². The number of rotatable bonds is 1. The SMILES string of the molecule is C[C@H]1Cn2cc(C(=O)O)c(=O)c3cccc(c32)O1. The summed E-state index contributed by atoms with van der Waals surface area (Å²) in [6.07, 6.45) is 1.35. The summed E-state index contributed by atoms with van der Waals surface area (Å²) in [7, 11) is 0. The number of carbonyl (C=O) groups is 1. The molecule has 0 saturated carbocycles. The summed E-state index contributed by atoms with van der Waals surface area (Å²) >= 11 is 0. The number of para-hydroxylation sites is 1. The number of nitrogens with zero attached hydrogens (tertiary/aromatic N) is 1. The van der Waals surface area contributed by atoms with Gasteiger partial charge in [0.1, 0.15) is 17.4 Å². The van der Waals surface area contributed by atoms with E-state index in [-0.39, 0.29) is 11.7 Å². The van der Waals surface area contributed by atoms with Crippen molar-refractivity contribution in [3.63, 3.8) is 0 Å². The predicted octanol–water partition coefficient (Wildman–Crippen LogP) is 1.48. The Balaban J connectivity index is 2.46. The molecule has 92 valence electrons. The van der Waals surface area contributed by atoms with E-state index >= 15 is 0 Å². The zero-order chi connectivity index (χ0) is 12.9. The van der Waals surface area contributed by atoms with Crippen molar-refractivity contribution in [3.8, 4) is 5.75 Å². The smallest absolute Gasteiger partial charge is 0.341 e. The van der Waals surface area contributed by atoms with Crippen LogP contribution in [0.3, 0.4) is 0 Å². The topological polar surface area (TPSA) is 68.5 Å². The van der Waals surface area contributed by atoms with Gasteiger partial charge in [-0.05, 0) is 19.1 Å². The van der Waals surface area contributed by atoms with Gasteiger partial charge >= 0.3 is 5.97 Å². The summed E-state index contributed by atoms with van der Waals surface area (Å²) in [6.45, 7) is 2.44. The standard InChI is InChI=1S/C13H11NO4/c1-7-5-14-6-9(13(16)17)12(15)8-3-2-4-10(18-7)11(8)14/h2-4,6-7H,5H2,1H3,(H,16,17)/t7-/m0/s1. The third-order valence-corrected chi connectivity index (χ3v) is 3.07. The summed E-state index contributed by atoms with van der Waals surface area (Å²) in [6, 6.07) is 5.12. The first-order valence-electron chi connectivity index (χ1n) is 5.64. The fourth-order valence-electron chi connectivity index (χ4n) is 2.35. The van der Waals surface area contributed by atoms with E-state index in [0.29, 0.717) is 23.2 Å². The molecule has 5 heteroatoms. The van der Waals surface area contributed by atoms with E-state index in [1.807, 2.05) is 6.92 Å². The Bertz CT molecular complexity index is 717. The Kier molecular flexibility index (Phi) is 2.16. The summed E-state index contributed by atoms with van der Waals surface area (Å²) in [5, 5.41) is 9.44. The molecule has 0 aliphatic carbocycles. The second kappa shape index (κ2) is 3.60. The molecule has 2 heterocycles. The Hall–Kier alpha value is -2.30. The highest BCUT2D eigenvalue weighted by Crippen LogP contribution is 2.29. The number of ether oxygens (including phenoxy) is 1. The van der Waals surface area contributed by atoms with Crippen LogP contribution in [0.1, 0.15) is 17.3 Å². The highest BCUT2D eigenvalue weighted by Gasteiger charge is 2.22. The van der Waals surface area contributed by atoms with Crippen molar-refractivity contribution in [1.29, 1.82) is 0 Å². The molecular weight excluding hydrogens is 234 g/mol. The molecule has 18 heavy (non-hydrogen) atoms. The molecule has 0 fully saturated rings. The monoisotopic (exact) mass is 245 g/mol. The summed E-state index contributed by atoms with van der Waals surface area (Å²) in [5.74, 6) is -0.574. The molecule has 0 amide bonds. The molecule has 1 N–H and O–H groups in total. The number of benzene rings is 1. The summed E-state index contributed by atoms with van der Waals surface area (Å²) in [5.41, 5.74) is 0.00750. The van der Waals surface area contributed by atoms with Crippen LogP contribution in [0.15, 0.2) is 29.2 Å². The number of pyridine rings is 1. The quantitative estimate of drug-likeness (QED) is 0.826. The molecule has 0 unspecified atom stereocenters. The van der Waals surface area contributed by atoms with Crippen LogP contribution in [0.2, 0.25) is 0 Å². The van der Waals surface area contributed by atoms with E-state index < -0.39 is 11.4 Å². The van der Waals surface area contributed by atoms with Crippen LogP contribution in [-0.4, -0.2) is 21.7 Å². The lowest BCUT2D eigenvalue weighted by Crippen LogP contribution is -2.28. The number of aromatic nitrogens is 1. The van der Waals surface area contributed by atoms with Crippen LogP contribution in [0.4, 0.5) is 0 Å². The molecule has 0 bridgehead atoms. The zero-order valence-corrected chi connectivity index (χ0v) is 9.71. The maximum Gasteiger partial charge on any atom is 0.341 e. The molecule has 2 aromatic rings. The molecule has 1 aliphatic rings. The van der Waals surface area contributed by atoms with Crippen LogP contribution >= 0.6 is 0 Å². The lowest BCUT2D eigenvalue weighted by molar-refractivity contribution is 0.0694. The highest BCUT2D eigenvalue weighted by atomic mass is 16.5. The third-order valence-electron chi connectivity index (χ3n) is 3.07. The van der Waals surface area contributed by atoms with E-state index in [4.69, 9.17) is 9.84 Å². The Morgan fingerprint density at radius 2 is 2.28 bits per heavy atom. The minimum Gasteiger partial charge on any atom is -0.487 e. The first-order valence-corrected chi connectivity index (χ1v) is 5.64. The van der Waals surface area contributed by atoms with Crippen molar-refractivity contribution < 1.29 is 14.6 Å². The first kappa shape index (κ1) is 10.8. The summed E-state index contributed by atoms with van der Waals surface area (Å²) < 4.78 is 7.43. The Labute approximate surface area is 102 Å². The van der Waals surface area contributed by atoms with Crippen molar-refractivity contribution in [2.24, 2.45) is 0 Å². The molecule has 1 atom stereocenters. The minimum absolute atomic E-state index is 0.0488. The fraction of sp³-hybridized carbons (Fsp3) is 0.231. The van der Waals surface area contributed by atoms with Crippen LogP contribution in [0, 0.1) is 0 Å². The normalized spacial score (nSPS) is 17.5. The Morgan fingerprint density at radius 3 is 3.00 bits per heavy atom. The van der Waals surface area contributed by atoms with Gasteiger partial charge in [0, 0.05) is 6.20 Å². The van der Waals surface area contributed by atoms with Gasteiger partial charge in [-0.3, -0.25) is 4.79 Å². The maximum absolute atomic E-state index is 12.0. The van der Waals surface area contributed by atoms with Crippen LogP contribution < -0.4 is 10.2 Å². The van der Waals surface area contributed by atoms with Gasteiger partial charge in [0.2, 0.25) is 5.43 Å². The van der Waals surface area contributed by atoms with Crippen molar-refractivity contribution in [2.45, 2.75) is 19.6 Å². The molecule has 1 aliphatic heterocycles. The van der Waals surface area contributed by atoms with Gasteiger partial charge < -0.3 is 14.4 Å². The molecular formula is C13H11NO4. The lowest BCUT2D eigenvalue weighted by atomic mass is 10.1. The predicted molar refractivity (Wildman–Crippen MR) is 65.3 cm³/mol. The molecule has 0 spiro atoms. The number of carboxylic acid groups (broad SMARTS) is 1. The highest BCUT2D eigenvalue weighted by molar-refractivity contribution is 5.94. The lowest BCUT2D eigenvalue weighted by Gasteiger charge is -2.25. The van der Waals surface area contributed by atoms with Gasteiger partial charge in [-0.1, -0.05) is 6.07 Å². The number of aromatic carboxylic acids is 1. The van der Waals surface area contributed by atoms with E-state index in [0.717, 1.165) is 0 Å². The van der Waals surface area contributed by atoms with Gasteiger partial charge in [-0.2, -0.15) is 0 Å². The van der Waals surface area contributed by atoms with Crippen LogP contribution in [0.25, 0.3) is 10.9 Å². The number of carboxylic acids is 1. The number of hydrogen-bond donors (Lipinski definition) is 1. The van der Waals surface area contributed by atoms with Crippen molar-refractivity contribution in [2.75, 3.05) is 0 Å². The maximum atomic E-state index is 12.0. The Morgan fingerprint density at radius 1 is 1.50 bits per heavy atom. The average Bonchev–Trinajstić information content (AvgIpc) is 2.32.